The maximum atomic E-state index is 12.2. The second-order valence-electron chi connectivity index (χ2n) is 4.46. The van der Waals surface area contributed by atoms with Crippen molar-refractivity contribution >= 4 is 0 Å². The molecule has 0 saturated carbocycles. The minimum absolute atomic E-state index is 0.0408. The number of nitrogens with two attached hydrogens (primary N) is 1. The van der Waals surface area contributed by atoms with Gasteiger partial charge in [-0.2, -0.15) is 13.2 Å². The summed E-state index contributed by atoms with van der Waals surface area (Å²) < 4.78 is 42.0. The van der Waals surface area contributed by atoms with Crippen molar-refractivity contribution in [3.8, 4) is 5.75 Å². The van der Waals surface area contributed by atoms with E-state index in [-0.39, 0.29) is 12.5 Å². The Labute approximate surface area is 105 Å². The zero-order chi connectivity index (χ0) is 13.8. The number of hydrogen-bond acceptors (Lipinski definition) is 2. The third-order valence-corrected chi connectivity index (χ3v) is 2.42. The van der Waals surface area contributed by atoms with Crippen molar-refractivity contribution in [1.29, 1.82) is 0 Å². The third kappa shape index (κ3) is 4.96. The Morgan fingerprint density at radius 1 is 1.22 bits per heavy atom. The lowest BCUT2D eigenvalue weighted by atomic mass is 10.0. The smallest absolute Gasteiger partial charge is 0.389 e. The van der Waals surface area contributed by atoms with Gasteiger partial charge in [0.2, 0.25) is 0 Å². The molecule has 1 aromatic carbocycles. The van der Waals surface area contributed by atoms with E-state index in [0.29, 0.717) is 11.3 Å². The Morgan fingerprint density at radius 2 is 1.83 bits per heavy atom. The molecular weight excluding hydrogens is 243 g/mol. The fourth-order valence-corrected chi connectivity index (χ4v) is 1.62. The zero-order valence-electron chi connectivity index (χ0n) is 10.5. The van der Waals surface area contributed by atoms with Crippen molar-refractivity contribution in [2.24, 2.45) is 5.73 Å². The first kappa shape index (κ1) is 14.8. The molecule has 0 heterocycles. The van der Waals surface area contributed by atoms with Gasteiger partial charge in [-0.05, 0) is 26.3 Å². The van der Waals surface area contributed by atoms with Crippen LogP contribution in [0.2, 0.25) is 0 Å². The van der Waals surface area contributed by atoms with Crippen LogP contribution >= 0.6 is 0 Å². The van der Waals surface area contributed by atoms with Crippen molar-refractivity contribution in [2.45, 2.75) is 45.0 Å². The molecule has 2 nitrogen and oxygen atoms in total. The molecule has 2 N–H and O–H groups in total. The number of benzene rings is 1. The summed E-state index contributed by atoms with van der Waals surface area (Å²) in [5.41, 5.74) is 6.42. The summed E-state index contributed by atoms with van der Waals surface area (Å²) in [4.78, 5) is 0. The Hall–Kier alpha value is -1.23. The van der Waals surface area contributed by atoms with E-state index >= 15 is 0 Å². The molecule has 1 rings (SSSR count). The molecule has 0 spiro atoms. The van der Waals surface area contributed by atoms with Crippen molar-refractivity contribution in [2.75, 3.05) is 0 Å². The average molecular weight is 261 g/mol. The maximum Gasteiger partial charge on any atom is 0.389 e. The zero-order valence-corrected chi connectivity index (χ0v) is 10.5. The number of rotatable bonds is 5. The number of alkyl halides is 3. The van der Waals surface area contributed by atoms with Crippen LogP contribution in [0, 0.1) is 0 Å². The van der Waals surface area contributed by atoms with Crippen molar-refractivity contribution in [1.82, 2.24) is 0 Å². The minimum Gasteiger partial charge on any atom is -0.491 e. The predicted octanol–water partition coefficient (Wildman–Crippen LogP) is 3.82. The molecule has 1 aromatic rings. The highest BCUT2D eigenvalue weighted by Gasteiger charge is 2.28. The van der Waals surface area contributed by atoms with Gasteiger partial charge in [-0.25, -0.2) is 0 Å². The fraction of sp³-hybridized carbons (Fsp3) is 0.538. The van der Waals surface area contributed by atoms with Crippen molar-refractivity contribution in [3.63, 3.8) is 0 Å². The van der Waals surface area contributed by atoms with Crippen LogP contribution in [0.1, 0.15) is 38.3 Å². The van der Waals surface area contributed by atoms with E-state index in [0.717, 1.165) is 0 Å². The molecule has 0 amide bonds. The van der Waals surface area contributed by atoms with Crippen LogP contribution < -0.4 is 10.5 Å². The molecule has 0 saturated heterocycles. The van der Waals surface area contributed by atoms with Gasteiger partial charge in [0, 0.05) is 18.0 Å². The molecule has 0 bridgehead atoms. The molecule has 1 atom stereocenters. The highest BCUT2D eigenvalue weighted by atomic mass is 19.4. The normalized spacial score (nSPS) is 13.7. The number of halogens is 3. The fourth-order valence-electron chi connectivity index (χ4n) is 1.62. The van der Waals surface area contributed by atoms with E-state index in [9.17, 15) is 13.2 Å². The number of hydrogen-bond donors (Lipinski definition) is 1. The predicted molar refractivity (Wildman–Crippen MR) is 64.4 cm³/mol. The van der Waals surface area contributed by atoms with E-state index in [4.69, 9.17) is 10.5 Å². The quantitative estimate of drug-likeness (QED) is 0.874. The average Bonchev–Trinajstić information content (AvgIpc) is 2.25. The SMILES string of the molecule is CC(C)Oc1ccccc1[C@H](N)CCC(F)(F)F. The molecule has 0 fully saturated rings. The lowest BCUT2D eigenvalue weighted by molar-refractivity contribution is -0.136. The summed E-state index contributed by atoms with van der Waals surface area (Å²) in [6.07, 6.45) is -5.24. The summed E-state index contributed by atoms with van der Waals surface area (Å²) in [7, 11) is 0. The Kier molecular flexibility index (Phi) is 5.02. The molecule has 0 aliphatic rings. The van der Waals surface area contributed by atoms with E-state index in [2.05, 4.69) is 0 Å². The van der Waals surface area contributed by atoms with Crippen LogP contribution in [0.15, 0.2) is 24.3 Å². The number of ether oxygens (including phenoxy) is 1. The second-order valence-corrected chi connectivity index (χ2v) is 4.46. The summed E-state index contributed by atoms with van der Waals surface area (Å²) in [5.74, 6) is 0.558. The van der Waals surface area contributed by atoms with Gasteiger partial charge in [0.25, 0.3) is 0 Å². The Balaban J connectivity index is 2.75. The van der Waals surface area contributed by atoms with Crippen LogP contribution in [0.4, 0.5) is 13.2 Å². The van der Waals surface area contributed by atoms with Gasteiger partial charge < -0.3 is 10.5 Å². The highest BCUT2D eigenvalue weighted by Crippen LogP contribution is 2.30. The van der Waals surface area contributed by atoms with E-state index in [1.807, 2.05) is 13.8 Å². The van der Waals surface area contributed by atoms with Crippen molar-refractivity contribution < 1.29 is 17.9 Å². The largest absolute Gasteiger partial charge is 0.491 e. The van der Waals surface area contributed by atoms with Crippen LogP contribution in [0.5, 0.6) is 5.75 Å². The van der Waals surface area contributed by atoms with Gasteiger partial charge in [-0.1, -0.05) is 18.2 Å². The topological polar surface area (TPSA) is 35.2 Å². The molecule has 18 heavy (non-hydrogen) atoms. The van der Waals surface area contributed by atoms with E-state index < -0.39 is 18.6 Å². The lowest BCUT2D eigenvalue weighted by Crippen LogP contribution is -2.17. The molecular formula is C13H18F3NO. The summed E-state index contributed by atoms with van der Waals surface area (Å²) in [5, 5.41) is 0. The third-order valence-electron chi connectivity index (χ3n) is 2.42. The summed E-state index contributed by atoms with van der Waals surface area (Å²) in [6.45, 7) is 3.72. The molecule has 0 aromatic heterocycles. The first-order valence-corrected chi connectivity index (χ1v) is 5.87. The van der Waals surface area contributed by atoms with Crippen LogP contribution in [0.25, 0.3) is 0 Å². The Morgan fingerprint density at radius 3 is 2.39 bits per heavy atom. The first-order chi connectivity index (χ1) is 8.29. The second kappa shape index (κ2) is 6.09. The molecule has 0 aliphatic carbocycles. The summed E-state index contributed by atoms with van der Waals surface area (Å²) in [6, 6.07) is 6.29. The van der Waals surface area contributed by atoms with E-state index in [1.54, 1.807) is 24.3 Å². The summed E-state index contributed by atoms with van der Waals surface area (Å²) >= 11 is 0. The van der Waals surface area contributed by atoms with Gasteiger partial charge >= 0.3 is 6.18 Å². The van der Waals surface area contributed by atoms with E-state index in [1.165, 1.54) is 0 Å². The van der Waals surface area contributed by atoms with Crippen molar-refractivity contribution in [3.05, 3.63) is 29.8 Å². The Bertz CT molecular complexity index is 377. The lowest BCUT2D eigenvalue weighted by Gasteiger charge is -2.19. The molecule has 0 radical (unpaired) electrons. The molecule has 5 heteroatoms. The maximum absolute atomic E-state index is 12.2. The van der Waals surface area contributed by atoms with Gasteiger partial charge in [-0.15, -0.1) is 0 Å². The van der Waals surface area contributed by atoms with Crippen LogP contribution in [-0.4, -0.2) is 12.3 Å². The minimum atomic E-state index is -4.18. The first-order valence-electron chi connectivity index (χ1n) is 5.87. The highest BCUT2D eigenvalue weighted by molar-refractivity contribution is 5.35. The molecule has 0 aliphatic heterocycles. The van der Waals surface area contributed by atoms with Gasteiger partial charge in [-0.3, -0.25) is 0 Å². The molecule has 102 valence electrons. The number of para-hydroxylation sites is 1. The van der Waals surface area contributed by atoms with Crippen LogP contribution in [0.3, 0.4) is 0 Å². The van der Waals surface area contributed by atoms with Gasteiger partial charge in [0.15, 0.2) is 0 Å². The monoisotopic (exact) mass is 261 g/mol. The van der Waals surface area contributed by atoms with Gasteiger partial charge in [0.05, 0.1) is 6.10 Å². The van der Waals surface area contributed by atoms with Gasteiger partial charge in [0.1, 0.15) is 5.75 Å². The van der Waals surface area contributed by atoms with Crippen LogP contribution in [-0.2, 0) is 0 Å². The standard InChI is InChI=1S/C13H18F3NO/c1-9(2)18-12-6-4-3-5-10(12)11(17)7-8-13(14,15)16/h3-6,9,11H,7-8,17H2,1-2H3/t11-/m1/s1. The molecule has 0 unspecified atom stereocenters.